The smallest absolute Gasteiger partial charge is 0.323 e. The number of piperidine rings is 1. The summed E-state index contributed by atoms with van der Waals surface area (Å²) >= 11 is 0. The molecule has 0 radical (unpaired) electrons. The number of carboxylic acids is 1. The zero-order valence-corrected chi connectivity index (χ0v) is 11.6. The van der Waals surface area contributed by atoms with Gasteiger partial charge in [0.1, 0.15) is 5.54 Å². The second kappa shape index (κ2) is 5.57. The molecule has 1 saturated carbocycles. The largest absolute Gasteiger partial charge is 0.480 e. The highest BCUT2D eigenvalue weighted by Crippen LogP contribution is 2.37. The van der Waals surface area contributed by atoms with E-state index in [0.29, 0.717) is 13.0 Å². The SMILES string of the molecule is CCNC(C)(CCCN1CC2CCC1C2)C(=O)O. The Bertz CT molecular complexity index is 308. The number of likely N-dealkylation sites (tertiary alicyclic amines) is 1. The summed E-state index contributed by atoms with van der Waals surface area (Å²) in [5.41, 5.74) is -0.756. The average molecular weight is 254 g/mol. The van der Waals surface area contributed by atoms with E-state index in [4.69, 9.17) is 0 Å². The molecule has 1 heterocycles. The number of aliphatic carboxylic acids is 1. The number of hydrogen-bond acceptors (Lipinski definition) is 3. The van der Waals surface area contributed by atoms with Gasteiger partial charge in [-0.15, -0.1) is 0 Å². The second-order valence-corrected chi connectivity index (χ2v) is 6.10. The summed E-state index contributed by atoms with van der Waals surface area (Å²) in [7, 11) is 0. The summed E-state index contributed by atoms with van der Waals surface area (Å²) in [6, 6.07) is 0.796. The highest BCUT2D eigenvalue weighted by Gasteiger charge is 2.38. The fourth-order valence-electron chi connectivity index (χ4n) is 3.60. The van der Waals surface area contributed by atoms with Crippen LogP contribution in [-0.2, 0) is 4.79 Å². The van der Waals surface area contributed by atoms with E-state index < -0.39 is 11.5 Å². The van der Waals surface area contributed by atoms with Crippen LogP contribution < -0.4 is 5.32 Å². The highest BCUT2D eigenvalue weighted by atomic mass is 16.4. The van der Waals surface area contributed by atoms with Crippen molar-refractivity contribution in [2.45, 2.75) is 57.5 Å². The zero-order chi connectivity index (χ0) is 13.2. The van der Waals surface area contributed by atoms with Crippen LogP contribution in [0.4, 0.5) is 0 Å². The van der Waals surface area contributed by atoms with Crippen LogP contribution in [0.15, 0.2) is 0 Å². The summed E-state index contributed by atoms with van der Waals surface area (Å²) in [6.45, 7) is 6.78. The Morgan fingerprint density at radius 3 is 2.78 bits per heavy atom. The van der Waals surface area contributed by atoms with Gasteiger partial charge in [-0.3, -0.25) is 4.79 Å². The Labute approximate surface area is 110 Å². The van der Waals surface area contributed by atoms with E-state index in [-0.39, 0.29) is 0 Å². The van der Waals surface area contributed by atoms with E-state index in [1.165, 1.54) is 25.8 Å². The Hall–Kier alpha value is -0.610. The molecule has 18 heavy (non-hydrogen) atoms. The Morgan fingerprint density at radius 2 is 2.28 bits per heavy atom. The van der Waals surface area contributed by atoms with Gasteiger partial charge in [0.25, 0.3) is 0 Å². The molecule has 2 bridgehead atoms. The maximum atomic E-state index is 11.3. The molecule has 1 saturated heterocycles. The molecule has 2 N–H and O–H groups in total. The lowest BCUT2D eigenvalue weighted by Gasteiger charge is -2.30. The van der Waals surface area contributed by atoms with Crippen molar-refractivity contribution in [3.8, 4) is 0 Å². The lowest BCUT2D eigenvalue weighted by Crippen LogP contribution is -2.49. The minimum absolute atomic E-state index is 0.706. The molecule has 0 aromatic heterocycles. The van der Waals surface area contributed by atoms with Crippen LogP contribution in [0.2, 0.25) is 0 Å². The van der Waals surface area contributed by atoms with E-state index in [1.54, 1.807) is 6.92 Å². The third kappa shape index (κ3) is 2.86. The van der Waals surface area contributed by atoms with Crippen LogP contribution in [0.5, 0.6) is 0 Å². The van der Waals surface area contributed by atoms with Gasteiger partial charge in [0, 0.05) is 12.6 Å². The van der Waals surface area contributed by atoms with Crippen LogP contribution in [0.25, 0.3) is 0 Å². The summed E-state index contributed by atoms with van der Waals surface area (Å²) in [5.74, 6) is 0.196. The first-order valence-corrected chi connectivity index (χ1v) is 7.27. The van der Waals surface area contributed by atoms with Gasteiger partial charge >= 0.3 is 5.97 Å². The number of carbonyl (C=O) groups is 1. The molecule has 2 fully saturated rings. The molecule has 3 atom stereocenters. The molecule has 2 aliphatic rings. The van der Waals surface area contributed by atoms with Gasteiger partial charge < -0.3 is 15.3 Å². The van der Waals surface area contributed by atoms with Crippen LogP contribution in [-0.4, -0.2) is 47.2 Å². The number of nitrogens with zero attached hydrogens (tertiary/aromatic N) is 1. The molecule has 4 heteroatoms. The molecule has 1 aliphatic heterocycles. The molecule has 0 amide bonds. The van der Waals surface area contributed by atoms with Crippen LogP contribution in [0, 0.1) is 5.92 Å². The van der Waals surface area contributed by atoms with Gasteiger partial charge in [0.2, 0.25) is 0 Å². The molecule has 2 rings (SSSR count). The summed E-state index contributed by atoms with van der Waals surface area (Å²) in [5, 5.41) is 12.4. The summed E-state index contributed by atoms with van der Waals surface area (Å²) in [6.07, 6.45) is 5.83. The molecular weight excluding hydrogens is 228 g/mol. The van der Waals surface area contributed by atoms with Crippen molar-refractivity contribution < 1.29 is 9.90 Å². The fourth-order valence-corrected chi connectivity index (χ4v) is 3.60. The molecule has 104 valence electrons. The number of rotatable bonds is 7. The molecule has 0 aromatic carbocycles. The third-order valence-electron chi connectivity index (χ3n) is 4.68. The normalized spacial score (nSPS) is 30.6. The number of hydrogen-bond donors (Lipinski definition) is 2. The lowest BCUT2D eigenvalue weighted by molar-refractivity contribution is -0.144. The van der Waals surface area contributed by atoms with Crippen molar-refractivity contribution in [2.75, 3.05) is 19.6 Å². The van der Waals surface area contributed by atoms with Gasteiger partial charge in [-0.25, -0.2) is 0 Å². The van der Waals surface area contributed by atoms with Gasteiger partial charge in [-0.2, -0.15) is 0 Å². The van der Waals surface area contributed by atoms with E-state index in [1.807, 2.05) is 6.92 Å². The predicted octanol–water partition coefficient (Wildman–Crippen LogP) is 1.70. The standard InChI is InChI=1S/C14H26N2O2/c1-3-15-14(2,13(17)18)7-4-8-16-10-11-5-6-12(16)9-11/h11-12,15H,3-10H2,1-2H3,(H,17,18). The van der Waals surface area contributed by atoms with Crippen molar-refractivity contribution in [1.29, 1.82) is 0 Å². The predicted molar refractivity (Wildman–Crippen MR) is 71.7 cm³/mol. The summed E-state index contributed by atoms with van der Waals surface area (Å²) < 4.78 is 0. The van der Waals surface area contributed by atoms with Gasteiger partial charge in [-0.1, -0.05) is 6.92 Å². The molecule has 0 aromatic rings. The topological polar surface area (TPSA) is 52.6 Å². The van der Waals surface area contributed by atoms with Crippen LogP contribution in [0.3, 0.4) is 0 Å². The first-order valence-electron chi connectivity index (χ1n) is 7.27. The Kier molecular flexibility index (Phi) is 4.28. The van der Waals surface area contributed by atoms with E-state index in [9.17, 15) is 9.90 Å². The monoisotopic (exact) mass is 254 g/mol. The third-order valence-corrected chi connectivity index (χ3v) is 4.68. The quantitative estimate of drug-likeness (QED) is 0.726. The van der Waals surface area contributed by atoms with E-state index >= 15 is 0 Å². The number of carboxylic acid groups (broad SMARTS) is 1. The van der Waals surface area contributed by atoms with Gasteiger partial charge in [0.05, 0.1) is 0 Å². The van der Waals surface area contributed by atoms with Crippen LogP contribution in [0.1, 0.15) is 46.0 Å². The Morgan fingerprint density at radius 1 is 1.50 bits per heavy atom. The van der Waals surface area contributed by atoms with Crippen LogP contribution >= 0.6 is 0 Å². The highest BCUT2D eigenvalue weighted by molar-refractivity contribution is 5.78. The Balaban J connectivity index is 1.75. The first kappa shape index (κ1) is 13.8. The minimum Gasteiger partial charge on any atom is -0.480 e. The first-order chi connectivity index (χ1) is 8.55. The van der Waals surface area contributed by atoms with Crippen molar-refractivity contribution >= 4 is 5.97 Å². The number of likely N-dealkylation sites (N-methyl/N-ethyl adjacent to an activating group) is 1. The van der Waals surface area contributed by atoms with E-state index in [2.05, 4.69) is 10.2 Å². The van der Waals surface area contributed by atoms with Gasteiger partial charge in [0.15, 0.2) is 0 Å². The molecule has 0 spiro atoms. The number of nitrogens with one attached hydrogen (secondary N) is 1. The number of fused-ring (bicyclic) bond motifs is 2. The van der Waals surface area contributed by atoms with Crippen molar-refractivity contribution in [3.05, 3.63) is 0 Å². The maximum Gasteiger partial charge on any atom is 0.323 e. The van der Waals surface area contributed by atoms with Crippen molar-refractivity contribution in [3.63, 3.8) is 0 Å². The maximum absolute atomic E-state index is 11.3. The molecule has 3 unspecified atom stereocenters. The second-order valence-electron chi connectivity index (χ2n) is 6.10. The lowest BCUT2D eigenvalue weighted by atomic mass is 9.95. The molecule has 1 aliphatic carbocycles. The van der Waals surface area contributed by atoms with Gasteiger partial charge in [-0.05, 0) is 58.0 Å². The van der Waals surface area contributed by atoms with Crippen molar-refractivity contribution in [2.24, 2.45) is 5.92 Å². The fraction of sp³-hybridized carbons (Fsp3) is 0.929. The average Bonchev–Trinajstić information content (AvgIpc) is 2.91. The molecule has 4 nitrogen and oxygen atoms in total. The van der Waals surface area contributed by atoms with E-state index in [0.717, 1.165) is 24.9 Å². The minimum atomic E-state index is -0.756. The summed E-state index contributed by atoms with van der Waals surface area (Å²) in [4.78, 5) is 13.9. The molecular formula is C14H26N2O2. The zero-order valence-electron chi connectivity index (χ0n) is 11.6. The van der Waals surface area contributed by atoms with Crippen molar-refractivity contribution in [1.82, 2.24) is 10.2 Å².